The zero-order valence-electron chi connectivity index (χ0n) is 14.2. The largest absolute Gasteiger partial charge is 0.372 e. The summed E-state index contributed by atoms with van der Waals surface area (Å²) in [4.78, 5) is 22.6. The molecule has 1 amide bonds. The smallest absolute Gasteiger partial charge is 0.234 e. The maximum atomic E-state index is 11.4. The average Bonchev–Trinajstić information content (AvgIpc) is 2.63. The van der Waals surface area contributed by atoms with E-state index in [-0.39, 0.29) is 5.91 Å². The van der Waals surface area contributed by atoms with Crippen LogP contribution in [0.15, 0.2) is 35.5 Å². The van der Waals surface area contributed by atoms with Gasteiger partial charge in [-0.15, -0.1) is 0 Å². The third-order valence-corrected chi connectivity index (χ3v) is 5.63. The second kappa shape index (κ2) is 6.92. The molecule has 6 nitrogen and oxygen atoms in total. The van der Waals surface area contributed by atoms with Gasteiger partial charge in [-0.25, -0.2) is 9.97 Å². The van der Waals surface area contributed by atoms with Crippen molar-refractivity contribution in [1.82, 2.24) is 9.97 Å². The third kappa shape index (κ3) is 3.71. The number of hydrogen-bond donors (Lipinski definition) is 2. The van der Waals surface area contributed by atoms with Crippen LogP contribution in [-0.4, -0.2) is 34.7 Å². The zero-order valence-corrected chi connectivity index (χ0v) is 15.0. The Morgan fingerprint density at radius 1 is 1.24 bits per heavy atom. The van der Waals surface area contributed by atoms with E-state index < -0.39 is 0 Å². The molecular weight excluding hydrogens is 334 g/mol. The minimum Gasteiger partial charge on any atom is -0.372 e. The highest BCUT2D eigenvalue weighted by molar-refractivity contribution is 8.00. The molecule has 4 rings (SSSR count). The van der Waals surface area contributed by atoms with Crippen molar-refractivity contribution in [3.05, 3.63) is 30.5 Å². The van der Waals surface area contributed by atoms with Gasteiger partial charge in [0.15, 0.2) is 0 Å². The van der Waals surface area contributed by atoms with Gasteiger partial charge in [-0.2, -0.15) is 0 Å². The van der Waals surface area contributed by atoms with Crippen LogP contribution in [0.4, 0.5) is 23.0 Å². The number of rotatable bonds is 3. The van der Waals surface area contributed by atoms with E-state index in [4.69, 9.17) is 0 Å². The molecule has 2 aliphatic heterocycles. The SMILES string of the molecule is CC1CCN(c2ccc(Nc3ncc4c(n3)SCC(=O)N4)cc2)CC1. The number of fused-ring (bicyclic) bond motifs is 1. The van der Waals surface area contributed by atoms with Gasteiger partial charge in [0.2, 0.25) is 11.9 Å². The van der Waals surface area contributed by atoms with E-state index in [1.165, 1.54) is 30.3 Å². The average molecular weight is 355 g/mol. The number of carbonyl (C=O) groups is 1. The van der Waals surface area contributed by atoms with Crippen molar-refractivity contribution in [2.24, 2.45) is 5.92 Å². The fourth-order valence-corrected chi connectivity index (χ4v) is 3.84. The van der Waals surface area contributed by atoms with Crippen LogP contribution in [0.5, 0.6) is 0 Å². The molecular formula is C18H21N5OS. The molecule has 2 N–H and O–H groups in total. The number of nitrogens with zero attached hydrogens (tertiary/aromatic N) is 3. The maximum absolute atomic E-state index is 11.4. The predicted octanol–water partition coefficient (Wildman–Crippen LogP) is 3.50. The number of amides is 1. The van der Waals surface area contributed by atoms with Crippen LogP contribution in [0.1, 0.15) is 19.8 Å². The van der Waals surface area contributed by atoms with E-state index in [0.29, 0.717) is 17.4 Å². The molecule has 0 bridgehead atoms. The number of hydrogen-bond acceptors (Lipinski definition) is 6. The van der Waals surface area contributed by atoms with Gasteiger partial charge >= 0.3 is 0 Å². The number of nitrogens with one attached hydrogen (secondary N) is 2. The minimum atomic E-state index is -0.00972. The van der Waals surface area contributed by atoms with Crippen LogP contribution < -0.4 is 15.5 Å². The third-order valence-electron chi connectivity index (χ3n) is 4.64. The Hall–Kier alpha value is -2.28. The Morgan fingerprint density at radius 2 is 2.00 bits per heavy atom. The lowest BCUT2D eigenvalue weighted by atomic mass is 9.99. The lowest BCUT2D eigenvalue weighted by molar-refractivity contribution is -0.113. The quantitative estimate of drug-likeness (QED) is 0.821. The second-order valence-electron chi connectivity index (χ2n) is 6.59. The van der Waals surface area contributed by atoms with Crippen molar-refractivity contribution < 1.29 is 4.79 Å². The van der Waals surface area contributed by atoms with Crippen molar-refractivity contribution in [2.45, 2.75) is 24.8 Å². The van der Waals surface area contributed by atoms with Crippen molar-refractivity contribution in [3.63, 3.8) is 0 Å². The first-order valence-electron chi connectivity index (χ1n) is 8.59. The number of thioether (sulfide) groups is 1. The van der Waals surface area contributed by atoms with E-state index in [1.54, 1.807) is 6.20 Å². The standard InChI is InChI=1S/C18H21N5OS/c1-12-6-8-23(9-7-12)14-4-2-13(3-5-14)20-18-19-10-15-17(22-18)25-11-16(24)21-15/h2-5,10,12H,6-9,11H2,1H3,(H,21,24)(H,19,20,22). The van der Waals surface area contributed by atoms with E-state index in [1.807, 2.05) is 0 Å². The summed E-state index contributed by atoms with van der Waals surface area (Å²) in [5.74, 6) is 1.76. The van der Waals surface area contributed by atoms with E-state index in [2.05, 4.69) is 56.7 Å². The molecule has 0 atom stereocenters. The monoisotopic (exact) mass is 355 g/mol. The molecule has 0 spiro atoms. The Balaban J connectivity index is 1.44. The fourth-order valence-electron chi connectivity index (χ4n) is 3.09. The van der Waals surface area contributed by atoms with Crippen LogP contribution in [0, 0.1) is 5.92 Å². The molecule has 1 fully saturated rings. The summed E-state index contributed by atoms with van der Waals surface area (Å²) in [7, 11) is 0. The highest BCUT2D eigenvalue weighted by Gasteiger charge is 2.18. The molecule has 1 aromatic carbocycles. The first kappa shape index (κ1) is 16.2. The normalized spacial score (nSPS) is 17.8. The van der Waals surface area contributed by atoms with Gasteiger partial charge in [0.25, 0.3) is 0 Å². The molecule has 2 aliphatic rings. The predicted molar refractivity (Wildman–Crippen MR) is 102 cm³/mol. The van der Waals surface area contributed by atoms with Gasteiger partial charge in [-0.1, -0.05) is 18.7 Å². The summed E-state index contributed by atoms with van der Waals surface area (Å²) < 4.78 is 0. The molecule has 7 heteroatoms. The lowest BCUT2D eigenvalue weighted by Crippen LogP contribution is -2.32. The second-order valence-corrected chi connectivity index (χ2v) is 7.55. The number of aromatic nitrogens is 2. The van der Waals surface area contributed by atoms with Gasteiger partial charge < -0.3 is 15.5 Å². The van der Waals surface area contributed by atoms with E-state index in [9.17, 15) is 4.79 Å². The van der Waals surface area contributed by atoms with Crippen molar-refractivity contribution in [3.8, 4) is 0 Å². The molecule has 0 aliphatic carbocycles. The molecule has 0 unspecified atom stereocenters. The van der Waals surface area contributed by atoms with Gasteiger partial charge in [-0.05, 0) is 43.0 Å². The number of benzene rings is 1. The van der Waals surface area contributed by atoms with Crippen LogP contribution in [0.2, 0.25) is 0 Å². The summed E-state index contributed by atoms with van der Waals surface area (Å²) in [6.45, 7) is 4.59. The van der Waals surface area contributed by atoms with E-state index in [0.717, 1.165) is 29.7 Å². The Bertz CT molecular complexity index is 772. The Labute approximate surface area is 151 Å². The number of piperidine rings is 1. The van der Waals surface area contributed by atoms with Gasteiger partial charge in [0, 0.05) is 24.5 Å². The molecule has 2 aromatic rings. The molecule has 0 radical (unpaired) electrons. The topological polar surface area (TPSA) is 70.1 Å². The van der Waals surface area contributed by atoms with E-state index >= 15 is 0 Å². The summed E-state index contributed by atoms with van der Waals surface area (Å²) in [6.07, 6.45) is 4.17. The number of carbonyl (C=O) groups excluding carboxylic acids is 1. The molecule has 3 heterocycles. The minimum absolute atomic E-state index is 0.00972. The van der Waals surface area contributed by atoms with Crippen LogP contribution in [0.3, 0.4) is 0 Å². The molecule has 1 aromatic heterocycles. The van der Waals surface area contributed by atoms with Gasteiger partial charge in [0.1, 0.15) is 5.03 Å². The Kier molecular flexibility index (Phi) is 4.48. The van der Waals surface area contributed by atoms with Crippen molar-refractivity contribution >= 4 is 40.7 Å². The number of anilines is 4. The van der Waals surface area contributed by atoms with Crippen molar-refractivity contribution in [1.29, 1.82) is 0 Å². The molecule has 1 saturated heterocycles. The first-order chi connectivity index (χ1) is 12.2. The highest BCUT2D eigenvalue weighted by Crippen LogP contribution is 2.30. The summed E-state index contributed by atoms with van der Waals surface area (Å²) in [5.41, 5.74) is 2.91. The lowest BCUT2D eigenvalue weighted by Gasteiger charge is -2.32. The van der Waals surface area contributed by atoms with Crippen LogP contribution in [0.25, 0.3) is 0 Å². The van der Waals surface area contributed by atoms with Crippen LogP contribution >= 0.6 is 11.8 Å². The molecule has 130 valence electrons. The van der Waals surface area contributed by atoms with Crippen LogP contribution in [-0.2, 0) is 4.79 Å². The maximum Gasteiger partial charge on any atom is 0.234 e. The summed E-state index contributed by atoms with van der Waals surface area (Å²) in [6, 6.07) is 8.41. The molecule has 0 saturated carbocycles. The summed E-state index contributed by atoms with van der Waals surface area (Å²) in [5, 5.41) is 6.82. The summed E-state index contributed by atoms with van der Waals surface area (Å²) >= 11 is 1.43. The zero-order chi connectivity index (χ0) is 17.2. The van der Waals surface area contributed by atoms with Gasteiger partial charge in [-0.3, -0.25) is 4.79 Å². The Morgan fingerprint density at radius 3 is 2.76 bits per heavy atom. The van der Waals surface area contributed by atoms with Gasteiger partial charge in [0.05, 0.1) is 17.6 Å². The highest BCUT2D eigenvalue weighted by atomic mass is 32.2. The first-order valence-corrected chi connectivity index (χ1v) is 9.58. The van der Waals surface area contributed by atoms with Crippen molar-refractivity contribution in [2.75, 3.05) is 34.4 Å². The fraction of sp³-hybridized carbons (Fsp3) is 0.389. The molecule has 25 heavy (non-hydrogen) atoms.